The molecule has 1 rings (SSSR count). The van der Waals surface area contributed by atoms with E-state index < -0.39 is 4.92 Å². The molecule has 0 unspecified atom stereocenters. The number of hydrogen-bond acceptors (Lipinski definition) is 6. The van der Waals surface area contributed by atoms with Gasteiger partial charge in [0.05, 0.1) is 24.7 Å². The number of methoxy groups -OCH3 is 1. The molecule has 0 bridgehead atoms. The van der Waals surface area contributed by atoms with Crippen LogP contribution in [-0.4, -0.2) is 44.7 Å². The minimum absolute atomic E-state index is 0.0601. The number of carbonyl (C=O) groups excluding carboxylic acids is 1. The molecule has 0 N–H and O–H groups in total. The highest BCUT2D eigenvalue weighted by Gasteiger charge is 2.15. The Bertz CT molecular complexity index is 434. The van der Waals surface area contributed by atoms with Gasteiger partial charge in [-0.25, -0.2) is 0 Å². The van der Waals surface area contributed by atoms with Crippen LogP contribution in [0.1, 0.15) is 10.4 Å². The van der Waals surface area contributed by atoms with Gasteiger partial charge < -0.3 is 14.2 Å². The fourth-order valence-corrected chi connectivity index (χ4v) is 1.33. The van der Waals surface area contributed by atoms with Crippen LogP contribution in [0, 0.1) is 10.1 Å². The Kier molecular flexibility index (Phi) is 6.48. The number of nitro groups is 1. The van der Waals surface area contributed by atoms with Gasteiger partial charge in [-0.05, 0) is 12.1 Å². The van der Waals surface area contributed by atoms with Gasteiger partial charge in [-0.1, -0.05) is 0 Å². The van der Waals surface area contributed by atoms with Gasteiger partial charge in [-0.3, -0.25) is 14.9 Å². The van der Waals surface area contributed by atoms with Crippen molar-refractivity contribution in [3.8, 4) is 5.75 Å². The van der Waals surface area contributed by atoms with E-state index >= 15 is 0 Å². The van der Waals surface area contributed by atoms with Crippen LogP contribution < -0.4 is 4.74 Å². The lowest BCUT2D eigenvalue weighted by atomic mass is 10.2. The Labute approximate surface area is 110 Å². The molecule has 0 aliphatic carbocycles. The first-order valence-corrected chi connectivity index (χ1v) is 5.62. The molecule has 0 atom stereocenters. The monoisotopic (exact) mass is 269 g/mol. The van der Waals surface area contributed by atoms with E-state index in [1.807, 2.05) is 0 Å². The molecule has 7 heteroatoms. The topological polar surface area (TPSA) is 87.9 Å². The molecule has 0 aromatic heterocycles. The third-order valence-corrected chi connectivity index (χ3v) is 2.23. The zero-order valence-electron chi connectivity index (χ0n) is 10.5. The zero-order chi connectivity index (χ0) is 14.1. The standard InChI is InChI=1S/C12H15NO6/c1-17-4-5-18-6-7-19-12-8-10(9-14)2-3-11(12)13(15)16/h2-3,8-9H,4-7H2,1H3. The molecule has 0 spiro atoms. The summed E-state index contributed by atoms with van der Waals surface area (Å²) in [6.45, 7) is 1.34. The molecule has 0 radical (unpaired) electrons. The third kappa shape index (κ3) is 5.02. The van der Waals surface area contributed by atoms with Crippen LogP contribution in [-0.2, 0) is 9.47 Å². The van der Waals surface area contributed by atoms with Crippen molar-refractivity contribution in [2.45, 2.75) is 0 Å². The maximum absolute atomic E-state index is 10.8. The van der Waals surface area contributed by atoms with Crippen molar-refractivity contribution in [1.29, 1.82) is 0 Å². The number of benzene rings is 1. The van der Waals surface area contributed by atoms with Crippen molar-refractivity contribution in [1.82, 2.24) is 0 Å². The number of nitrogens with zero attached hydrogens (tertiary/aromatic N) is 1. The highest BCUT2D eigenvalue weighted by molar-refractivity contribution is 5.76. The van der Waals surface area contributed by atoms with Crippen LogP contribution in [0.4, 0.5) is 5.69 Å². The fraction of sp³-hybridized carbons (Fsp3) is 0.417. The Morgan fingerprint density at radius 2 is 2.00 bits per heavy atom. The zero-order valence-corrected chi connectivity index (χ0v) is 10.5. The van der Waals surface area contributed by atoms with Gasteiger partial charge in [0.25, 0.3) is 0 Å². The SMILES string of the molecule is COCCOCCOc1cc(C=O)ccc1[N+](=O)[O-]. The summed E-state index contributed by atoms with van der Waals surface area (Å²) in [5, 5.41) is 10.8. The predicted octanol–water partition coefficient (Wildman–Crippen LogP) is 1.45. The van der Waals surface area contributed by atoms with Crippen LogP contribution >= 0.6 is 0 Å². The third-order valence-electron chi connectivity index (χ3n) is 2.23. The second-order valence-corrected chi connectivity index (χ2v) is 3.56. The molecule has 0 amide bonds. The molecule has 0 fully saturated rings. The second kappa shape index (κ2) is 8.17. The summed E-state index contributed by atoms with van der Waals surface area (Å²) in [6.07, 6.45) is 0.603. The van der Waals surface area contributed by atoms with Crippen LogP contribution in [0.3, 0.4) is 0 Å². The molecule has 7 nitrogen and oxygen atoms in total. The Morgan fingerprint density at radius 3 is 2.63 bits per heavy atom. The highest BCUT2D eigenvalue weighted by atomic mass is 16.6. The average Bonchev–Trinajstić information content (AvgIpc) is 2.42. The largest absolute Gasteiger partial charge is 0.484 e. The maximum atomic E-state index is 10.8. The molecule has 19 heavy (non-hydrogen) atoms. The van der Waals surface area contributed by atoms with E-state index in [1.165, 1.54) is 18.2 Å². The van der Waals surface area contributed by atoms with Crippen LogP contribution in [0.25, 0.3) is 0 Å². The number of rotatable bonds is 9. The summed E-state index contributed by atoms with van der Waals surface area (Å²) in [6, 6.07) is 3.94. The van der Waals surface area contributed by atoms with Crippen LogP contribution in [0.15, 0.2) is 18.2 Å². The number of carbonyl (C=O) groups is 1. The summed E-state index contributed by atoms with van der Waals surface area (Å²) >= 11 is 0. The number of hydrogen-bond donors (Lipinski definition) is 0. The molecule has 0 saturated heterocycles. The Balaban J connectivity index is 2.55. The molecular weight excluding hydrogens is 254 g/mol. The molecule has 104 valence electrons. The first-order chi connectivity index (χ1) is 9.19. The van der Waals surface area contributed by atoms with Crippen LogP contribution in [0.2, 0.25) is 0 Å². The molecular formula is C12H15NO6. The van der Waals surface area contributed by atoms with E-state index in [9.17, 15) is 14.9 Å². The second-order valence-electron chi connectivity index (χ2n) is 3.56. The first kappa shape index (κ1) is 15.1. The first-order valence-electron chi connectivity index (χ1n) is 5.62. The minimum Gasteiger partial charge on any atom is -0.484 e. The molecule has 0 heterocycles. The number of ether oxygens (including phenoxy) is 3. The van der Waals surface area contributed by atoms with Crippen molar-refractivity contribution in [3.05, 3.63) is 33.9 Å². The predicted molar refractivity (Wildman–Crippen MR) is 66.7 cm³/mol. The highest BCUT2D eigenvalue weighted by Crippen LogP contribution is 2.27. The maximum Gasteiger partial charge on any atom is 0.310 e. The van der Waals surface area contributed by atoms with Gasteiger partial charge in [-0.15, -0.1) is 0 Å². The van der Waals surface area contributed by atoms with Gasteiger partial charge in [-0.2, -0.15) is 0 Å². The van der Waals surface area contributed by atoms with Crippen LogP contribution in [0.5, 0.6) is 5.75 Å². The molecule has 0 aliphatic heterocycles. The Morgan fingerprint density at radius 1 is 1.26 bits per heavy atom. The summed E-state index contributed by atoms with van der Waals surface area (Å²) in [5.41, 5.74) is 0.142. The van der Waals surface area contributed by atoms with E-state index in [0.29, 0.717) is 25.1 Å². The lowest BCUT2D eigenvalue weighted by Crippen LogP contribution is -2.10. The lowest BCUT2D eigenvalue weighted by molar-refractivity contribution is -0.385. The Hall–Kier alpha value is -1.99. The van der Waals surface area contributed by atoms with Gasteiger partial charge in [0, 0.05) is 18.7 Å². The molecule has 1 aromatic carbocycles. The molecule has 0 aliphatic rings. The van der Waals surface area contributed by atoms with E-state index in [-0.39, 0.29) is 24.7 Å². The minimum atomic E-state index is -0.560. The van der Waals surface area contributed by atoms with Crippen molar-refractivity contribution in [3.63, 3.8) is 0 Å². The van der Waals surface area contributed by atoms with Gasteiger partial charge >= 0.3 is 5.69 Å². The van der Waals surface area contributed by atoms with Crippen molar-refractivity contribution in [2.75, 3.05) is 33.5 Å². The number of aldehydes is 1. The summed E-state index contributed by atoms with van der Waals surface area (Å²) < 4.78 is 15.2. The normalized spacial score (nSPS) is 10.2. The summed E-state index contributed by atoms with van der Waals surface area (Å²) in [7, 11) is 1.56. The fourth-order valence-electron chi connectivity index (χ4n) is 1.33. The van der Waals surface area contributed by atoms with Crippen molar-refractivity contribution < 1.29 is 23.9 Å². The summed E-state index contributed by atoms with van der Waals surface area (Å²) in [4.78, 5) is 20.8. The van der Waals surface area contributed by atoms with Gasteiger partial charge in [0.2, 0.25) is 0 Å². The van der Waals surface area contributed by atoms with Gasteiger partial charge in [0.1, 0.15) is 12.9 Å². The lowest BCUT2D eigenvalue weighted by Gasteiger charge is -2.07. The number of nitro benzene ring substituents is 1. The van der Waals surface area contributed by atoms with E-state index in [2.05, 4.69) is 0 Å². The van der Waals surface area contributed by atoms with Crippen molar-refractivity contribution >= 4 is 12.0 Å². The average molecular weight is 269 g/mol. The van der Waals surface area contributed by atoms with E-state index in [1.54, 1.807) is 7.11 Å². The quantitative estimate of drug-likeness (QED) is 0.292. The van der Waals surface area contributed by atoms with E-state index in [4.69, 9.17) is 14.2 Å². The molecule has 0 saturated carbocycles. The van der Waals surface area contributed by atoms with E-state index in [0.717, 1.165) is 0 Å². The molecule has 1 aromatic rings. The van der Waals surface area contributed by atoms with Gasteiger partial charge in [0.15, 0.2) is 5.75 Å². The summed E-state index contributed by atoms with van der Waals surface area (Å²) in [5.74, 6) is 0.0601. The van der Waals surface area contributed by atoms with Crippen molar-refractivity contribution in [2.24, 2.45) is 0 Å². The smallest absolute Gasteiger partial charge is 0.310 e.